The number of Topliss-reactive ketones (excluding diaryl/α,β-unsaturated/α-hetero) is 1. The molecule has 3 heterocycles. The summed E-state index contributed by atoms with van der Waals surface area (Å²) in [5.74, 6) is 0.810. The molecule has 1 aliphatic carbocycles. The third kappa shape index (κ3) is 2.58. The number of rotatable bonds is 2. The highest BCUT2D eigenvalue weighted by atomic mass is 16.5. The first-order valence-corrected chi connectivity index (χ1v) is 9.16. The van der Waals surface area contributed by atoms with Crippen LogP contribution in [0.1, 0.15) is 47.1 Å². The van der Waals surface area contributed by atoms with Crippen LogP contribution in [-0.4, -0.2) is 15.9 Å². The van der Waals surface area contributed by atoms with Crippen molar-refractivity contribution in [2.45, 2.75) is 31.6 Å². The number of carbonyl (C=O) groups is 1. The van der Waals surface area contributed by atoms with Gasteiger partial charge in [-0.25, -0.2) is 0 Å². The van der Waals surface area contributed by atoms with Crippen molar-refractivity contribution in [2.75, 3.05) is 5.32 Å². The number of hydrogen-bond acceptors (Lipinski definition) is 5. The van der Waals surface area contributed by atoms with Gasteiger partial charge in [0.2, 0.25) is 5.88 Å². The zero-order chi connectivity index (χ0) is 18.4. The molecule has 27 heavy (non-hydrogen) atoms. The van der Waals surface area contributed by atoms with Crippen LogP contribution in [0.4, 0.5) is 5.88 Å². The molecule has 1 aromatic carbocycles. The number of aromatic nitrogens is 2. The molecule has 0 saturated carbocycles. The Morgan fingerprint density at radius 3 is 2.67 bits per heavy atom. The normalized spacial score (nSPS) is 21.4. The summed E-state index contributed by atoms with van der Waals surface area (Å²) in [5.41, 5.74) is 5.69. The minimum Gasteiger partial charge on any atom is -0.338 e. The van der Waals surface area contributed by atoms with Crippen LogP contribution in [0.5, 0.6) is 0 Å². The van der Waals surface area contributed by atoms with E-state index in [1.807, 2.05) is 43.5 Å². The maximum Gasteiger partial charge on any atom is 0.233 e. The van der Waals surface area contributed by atoms with Crippen molar-refractivity contribution >= 4 is 11.7 Å². The van der Waals surface area contributed by atoms with Crippen molar-refractivity contribution in [1.29, 1.82) is 0 Å². The highest BCUT2D eigenvalue weighted by molar-refractivity contribution is 6.01. The van der Waals surface area contributed by atoms with E-state index in [-0.39, 0.29) is 17.6 Å². The smallest absolute Gasteiger partial charge is 0.233 e. The van der Waals surface area contributed by atoms with Gasteiger partial charge in [0, 0.05) is 36.0 Å². The molecule has 2 aliphatic rings. The number of hydrogen-bond donors (Lipinski definition) is 1. The van der Waals surface area contributed by atoms with E-state index in [0.29, 0.717) is 12.3 Å². The van der Waals surface area contributed by atoms with Crippen LogP contribution in [0.3, 0.4) is 0 Å². The molecule has 2 unspecified atom stereocenters. The zero-order valence-electron chi connectivity index (χ0n) is 15.0. The molecular weight excluding hydrogens is 338 g/mol. The Kier molecular flexibility index (Phi) is 3.67. The predicted octanol–water partition coefficient (Wildman–Crippen LogP) is 4.34. The molecule has 0 spiro atoms. The van der Waals surface area contributed by atoms with Crippen LogP contribution in [0.25, 0.3) is 0 Å². The Morgan fingerprint density at radius 1 is 1.07 bits per heavy atom. The van der Waals surface area contributed by atoms with Gasteiger partial charge in [0.25, 0.3) is 0 Å². The summed E-state index contributed by atoms with van der Waals surface area (Å²) in [6.45, 7) is 1.92. The minimum atomic E-state index is -0.180. The summed E-state index contributed by atoms with van der Waals surface area (Å²) in [6.07, 6.45) is 4.87. The van der Waals surface area contributed by atoms with E-state index in [1.54, 1.807) is 6.20 Å². The van der Waals surface area contributed by atoms with Crippen molar-refractivity contribution in [1.82, 2.24) is 10.1 Å². The second kappa shape index (κ2) is 6.20. The van der Waals surface area contributed by atoms with Gasteiger partial charge in [-0.1, -0.05) is 41.6 Å². The summed E-state index contributed by atoms with van der Waals surface area (Å²) in [4.78, 5) is 17.5. The molecule has 1 aliphatic heterocycles. The summed E-state index contributed by atoms with van der Waals surface area (Å²) in [6, 6.07) is 14.1. The minimum absolute atomic E-state index is 0.171. The first-order chi connectivity index (χ1) is 13.2. The van der Waals surface area contributed by atoms with Crippen molar-refractivity contribution in [2.24, 2.45) is 0 Å². The van der Waals surface area contributed by atoms with Crippen LogP contribution >= 0.6 is 0 Å². The van der Waals surface area contributed by atoms with Crippen molar-refractivity contribution < 1.29 is 9.32 Å². The van der Waals surface area contributed by atoms with Gasteiger partial charge < -0.3 is 9.84 Å². The third-order valence-corrected chi connectivity index (χ3v) is 5.55. The Balaban J connectivity index is 1.63. The van der Waals surface area contributed by atoms with Crippen molar-refractivity contribution in [3.05, 3.63) is 88.5 Å². The van der Waals surface area contributed by atoms with Crippen LogP contribution < -0.4 is 5.32 Å². The quantitative estimate of drug-likeness (QED) is 0.739. The van der Waals surface area contributed by atoms with Crippen LogP contribution in [0.15, 0.2) is 70.7 Å². The second-order valence-corrected chi connectivity index (χ2v) is 7.19. The van der Waals surface area contributed by atoms with Crippen LogP contribution in [0, 0.1) is 6.92 Å². The van der Waals surface area contributed by atoms with Crippen LogP contribution in [-0.2, 0) is 4.79 Å². The van der Waals surface area contributed by atoms with E-state index in [4.69, 9.17) is 4.52 Å². The maximum atomic E-state index is 13.3. The van der Waals surface area contributed by atoms with E-state index in [0.717, 1.165) is 34.5 Å². The number of carbonyl (C=O) groups excluding carboxylic acids is 1. The van der Waals surface area contributed by atoms with Gasteiger partial charge in [-0.2, -0.15) is 0 Å². The first kappa shape index (κ1) is 16.0. The molecule has 0 fully saturated rings. The lowest BCUT2D eigenvalue weighted by molar-refractivity contribution is -0.116. The number of anilines is 1. The van der Waals surface area contributed by atoms with Gasteiger partial charge >= 0.3 is 0 Å². The van der Waals surface area contributed by atoms with Gasteiger partial charge in [0.15, 0.2) is 5.78 Å². The van der Waals surface area contributed by atoms with E-state index in [9.17, 15) is 4.79 Å². The largest absolute Gasteiger partial charge is 0.338 e. The number of allylic oxidation sites excluding steroid dienone is 2. The lowest BCUT2D eigenvalue weighted by Crippen LogP contribution is -2.29. The van der Waals surface area contributed by atoms with Crippen molar-refractivity contribution in [3.8, 4) is 0 Å². The van der Waals surface area contributed by atoms with Gasteiger partial charge in [0.1, 0.15) is 0 Å². The molecule has 0 bridgehead atoms. The molecule has 134 valence electrons. The molecule has 3 aromatic rings. The fourth-order valence-corrected chi connectivity index (χ4v) is 4.31. The first-order valence-electron chi connectivity index (χ1n) is 9.16. The average molecular weight is 357 g/mol. The van der Waals surface area contributed by atoms with Gasteiger partial charge in [-0.15, -0.1) is 0 Å². The number of aryl methyl sites for hydroxylation is 1. The molecule has 2 aromatic heterocycles. The summed E-state index contributed by atoms with van der Waals surface area (Å²) in [7, 11) is 0. The summed E-state index contributed by atoms with van der Waals surface area (Å²) >= 11 is 0. The Hall–Kier alpha value is -3.21. The Morgan fingerprint density at radius 2 is 1.89 bits per heavy atom. The van der Waals surface area contributed by atoms with Gasteiger partial charge in [-0.3, -0.25) is 9.78 Å². The molecular formula is C22H19N3O2. The SMILES string of the molecule is Cc1noc2c1C(c1cccnc1)C1=C(CC(c3ccccc3)CC1=O)N2. The van der Waals surface area contributed by atoms with E-state index < -0.39 is 0 Å². The lowest BCUT2D eigenvalue weighted by Gasteiger charge is -2.34. The van der Waals surface area contributed by atoms with E-state index >= 15 is 0 Å². The standard InChI is InChI=1S/C22H19N3O2/c1-13-19-20(15-8-5-9-23-12-15)21-17(24-22(19)27-25-13)10-16(11-18(21)26)14-6-3-2-4-7-14/h2-9,12,16,20,24H,10-11H2,1H3. The maximum absolute atomic E-state index is 13.3. The summed E-state index contributed by atoms with van der Waals surface area (Å²) in [5, 5.41) is 7.50. The van der Waals surface area contributed by atoms with E-state index in [1.165, 1.54) is 5.56 Å². The van der Waals surface area contributed by atoms with E-state index in [2.05, 4.69) is 27.6 Å². The highest BCUT2D eigenvalue weighted by Crippen LogP contribution is 2.48. The fourth-order valence-electron chi connectivity index (χ4n) is 4.31. The number of nitrogens with zero attached hydrogens (tertiary/aromatic N) is 2. The molecule has 0 radical (unpaired) electrons. The predicted molar refractivity (Wildman–Crippen MR) is 101 cm³/mol. The third-order valence-electron chi connectivity index (χ3n) is 5.55. The lowest BCUT2D eigenvalue weighted by atomic mass is 9.72. The number of pyridine rings is 1. The van der Waals surface area contributed by atoms with Crippen LogP contribution in [0.2, 0.25) is 0 Å². The Labute approximate surface area is 157 Å². The van der Waals surface area contributed by atoms with Gasteiger partial charge in [-0.05, 0) is 36.5 Å². The molecule has 0 saturated heterocycles. The monoisotopic (exact) mass is 357 g/mol. The molecule has 5 rings (SSSR count). The van der Waals surface area contributed by atoms with Crippen molar-refractivity contribution in [3.63, 3.8) is 0 Å². The topological polar surface area (TPSA) is 68.0 Å². The number of benzene rings is 1. The molecule has 2 atom stereocenters. The highest BCUT2D eigenvalue weighted by Gasteiger charge is 2.41. The molecule has 1 N–H and O–H groups in total. The Bertz CT molecular complexity index is 1040. The number of fused-ring (bicyclic) bond motifs is 1. The molecule has 0 amide bonds. The average Bonchev–Trinajstić information content (AvgIpc) is 3.08. The number of ketones is 1. The summed E-state index contributed by atoms with van der Waals surface area (Å²) < 4.78 is 5.54. The molecule has 5 heteroatoms. The molecule has 5 nitrogen and oxygen atoms in total. The van der Waals surface area contributed by atoms with Gasteiger partial charge in [0.05, 0.1) is 11.3 Å². The number of nitrogens with one attached hydrogen (secondary N) is 1. The second-order valence-electron chi connectivity index (χ2n) is 7.19. The fraction of sp³-hybridized carbons (Fsp3) is 0.227. The zero-order valence-corrected chi connectivity index (χ0v) is 15.0.